The molecular formula is C26H28N2O5. The van der Waals surface area contributed by atoms with E-state index >= 15 is 0 Å². The van der Waals surface area contributed by atoms with Gasteiger partial charge in [-0.3, -0.25) is 9.59 Å². The summed E-state index contributed by atoms with van der Waals surface area (Å²) in [5.41, 5.74) is 3.37. The number of hydrogen-bond acceptors (Lipinski definition) is 5. The van der Waals surface area contributed by atoms with Crippen LogP contribution in [0.2, 0.25) is 0 Å². The number of aromatic nitrogens is 1. The lowest BCUT2D eigenvalue weighted by Gasteiger charge is -2.43. The average molecular weight is 449 g/mol. The van der Waals surface area contributed by atoms with Crippen molar-refractivity contribution in [3.63, 3.8) is 0 Å². The Kier molecular flexibility index (Phi) is 5.15. The summed E-state index contributed by atoms with van der Waals surface area (Å²) in [6.45, 7) is 9.10. The lowest BCUT2D eigenvalue weighted by Crippen LogP contribution is -2.52. The van der Waals surface area contributed by atoms with Crippen LogP contribution in [0.25, 0.3) is 11.0 Å². The van der Waals surface area contributed by atoms with Crippen molar-refractivity contribution in [2.75, 3.05) is 13.1 Å². The molecule has 1 unspecified atom stereocenters. The second kappa shape index (κ2) is 7.90. The minimum Gasteiger partial charge on any atom is -0.480 e. The molecule has 172 valence electrons. The monoisotopic (exact) mass is 448 g/mol. The van der Waals surface area contributed by atoms with E-state index in [4.69, 9.17) is 9.15 Å². The summed E-state index contributed by atoms with van der Waals surface area (Å²) in [6, 6.07) is 9.10. The van der Waals surface area contributed by atoms with Gasteiger partial charge in [-0.25, -0.2) is 4.79 Å². The Morgan fingerprint density at radius 1 is 1.03 bits per heavy atom. The number of amides is 1. The van der Waals surface area contributed by atoms with E-state index in [0.29, 0.717) is 42.1 Å². The first-order valence-electron chi connectivity index (χ1n) is 11.4. The van der Waals surface area contributed by atoms with Crippen molar-refractivity contribution in [2.24, 2.45) is 5.92 Å². The van der Waals surface area contributed by atoms with Crippen LogP contribution in [0.15, 0.2) is 44.3 Å². The van der Waals surface area contributed by atoms with E-state index in [9.17, 15) is 14.4 Å². The van der Waals surface area contributed by atoms with Gasteiger partial charge in [0.15, 0.2) is 6.10 Å². The molecule has 2 bridgehead atoms. The van der Waals surface area contributed by atoms with Crippen LogP contribution >= 0.6 is 0 Å². The van der Waals surface area contributed by atoms with Gasteiger partial charge in [0.1, 0.15) is 11.3 Å². The molecule has 0 N–H and O–H groups in total. The summed E-state index contributed by atoms with van der Waals surface area (Å²) in [5.74, 6) is 0.877. The van der Waals surface area contributed by atoms with Crippen LogP contribution in [0.4, 0.5) is 0 Å². The Labute approximate surface area is 191 Å². The number of hydrogen-bond donors (Lipinski definition) is 0. The normalized spacial score (nSPS) is 20.4. The molecule has 1 fully saturated rings. The van der Waals surface area contributed by atoms with Gasteiger partial charge in [-0.15, -0.1) is 0 Å². The van der Waals surface area contributed by atoms with Crippen molar-refractivity contribution < 1.29 is 13.9 Å². The molecule has 0 aliphatic carbocycles. The lowest BCUT2D eigenvalue weighted by atomic mass is 9.83. The SMILES string of the molecule is Cc1c(C)c2ccc(OC(C)C(=O)N3C[C@H]4C[C@@H](C3)c3cccc(=O)n3C4)c(C)c2oc1=O. The Hall–Kier alpha value is -3.35. The molecule has 33 heavy (non-hydrogen) atoms. The maximum atomic E-state index is 13.3. The predicted molar refractivity (Wildman–Crippen MR) is 125 cm³/mol. The molecule has 7 heteroatoms. The fourth-order valence-corrected chi connectivity index (χ4v) is 5.33. The van der Waals surface area contributed by atoms with Crippen molar-refractivity contribution in [1.82, 2.24) is 9.47 Å². The van der Waals surface area contributed by atoms with Crippen LogP contribution in [0.3, 0.4) is 0 Å². The molecule has 2 aromatic heterocycles. The maximum Gasteiger partial charge on any atom is 0.339 e. The third kappa shape index (κ3) is 3.56. The van der Waals surface area contributed by atoms with Crippen LogP contribution in [-0.2, 0) is 11.3 Å². The molecule has 3 atom stereocenters. The number of carbonyl (C=O) groups excluding carboxylic acids is 1. The number of ether oxygens (including phenoxy) is 1. The minimum atomic E-state index is -0.684. The molecule has 7 nitrogen and oxygen atoms in total. The van der Waals surface area contributed by atoms with Gasteiger partial charge >= 0.3 is 5.63 Å². The summed E-state index contributed by atoms with van der Waals surface area (Å²) >= 11 is 0. The highest BCUT2D eigenvalue weighted by atomic mass is 16.5. The fraction of sp³-hybridized carbons (Fsp3) is 0.423. The lowest BCUT2D eigenvalue weighted by molar-refractivity contribution is -0.140. The van der Waals surface area contributed by atoms with Gasteiger partial charge in [-0.2, -0.15) is 0 Å². The zero-order valence-corrected chi connectivity index (χ0v) is 19.4. The first-order chi connectivity index (χ1) is 15.7. The molecule has 1 amide bonds. The summed E-state index contributed by atoms with van der Waals surface area (Å²) < 4.78 is 13.5. The molecule has 5 rings (SSSR count). The maximum absolute atomic E-state index is 13.3. The van der Waals surface area contributed by atoms with E-state index in [-0.39, 0.29) is 28.9 Å². The van der Waals surface area contributed by atoms with Crippen molar-refractivity contribution in [3.8, 4) is 5.75 Å². The quantitative estimate of drug-likeness (QED) is 0.575. The number of nitrogens with zero attached hydrogens (tertiary/aromatic N) is 2. The van der Waals surface area contributed by atoms with Gasteiger partial charge in [0, 0.05) is 53.8 Å². The molecule has 0 saturated carbocycles. The second-order valence-corrected chi connectivity index (χ2v) is 9.41. The number of fused-ring (bicyclic) bond motifs is 5. The largest absolute Gasteiger partial charge is 0.480 e. The van der Waals surface area contributed by atoms with Gasteiger partial charge in [-0.1, -0.05) is 6.07 Å². The standard InChI is InChI=1S/C26H28N2O5/c1-14-15(2)26(31)33-24-16(3)22(9-8-20(14)24)32-17(4)25(30)27-11-18-10-19(13-27)21-6-5-7-23(29)28(21)12-18/h5-9,17-19H,10-13H2,1-4H3/t17?,18-,19+/m1/s1. The Balaban J connectivity index is 1.37. The number of pyridine rings is 1. The third-order valence-corrected chi connectivity index (χ3v) is 7.27. The minimum absolute atomic E-state index is 0.0301. The Morgan fingerprint density at radius 3 is 2.61 bits per heavy atom. The van der Waals surface area contributed by atoms with E-state index in [1.54, 1.807) is 26.0 Å². The summed E-state index contributed by atoms with van der Waals surface area (Å²) in [7, 11) is 0. The topological polar surface area (TPSA) is 81.8 Å². The Bertz CT molecular complexity index is 1390. The van der Waals surface area contributed by atoms with Gasteiger partial charge in [0.25, 0.3) is 11.5 Å². The molecule has 4 heterocycles. The van der Waals surface area contributed by atoms with Crippen molar-refractivity contribution in [3.05, 3.63) is 73.5 Å². The average Bonchev–Trinajstić information content (AvgIpc) is 2.80. The number of piperidine rings is 1. The van der Waals surface area contributed by atoms with Crippen LogP contribution in [0.5, 0.6) is 5.75 Å². The highest BCUT2D eigenvalue weighted by Crippen LogP contribution is 2.35. The van der Waals surface area contributed by atoms with E-state index in [1.165, 1.54) is 0 Å². The Morgan fingerprint density at radius 2 is 1.82 bits per heavy atom. The van der Waals surface area contributed by atoms with E-state index in [1.807, 2.05) is 41.5 Å². The third-order valence-electron chi connectivity index (χ3n) is 7.27. The van der Waals surface area contributed by atoms with Crippen molar-refractivity contribution in [1.29, 1.82) is 0 Å². The highest BCUT2D eigenvalue weighted by molar-refractivity contribution is 5.86. The van der Waals surface area contributed by atoms with Gasteiger partial charge in [0.2, 0.25) is 0 Å². The number of carbonyl (C=O) groups is 1. The van der Waals surface area contributed by atoms with E-state index in [0.717, 1.165) is 23.1 Å². The number of benzene rings is 1. The first-order valence-corrected chi connectivity index (χ1v) is 11.4. The molecule has 2 aliphatic heterocycles. The van der Waals surface area contributed by atoms with Crippen molar-refractivity contribution in [2.45, 2.75) is 52.7 Å². The van der Waals surface area contributed by atoms with Crippen LogP contribution in [0, 0.1) is 26.7 Å². The molecule has 2 aliphatic rings. The zero-order chi connectivity index (χ0) is 23.4. The summed E-state index contributed by atoms with van der Waals surface area (Å²) in [6.07, 6.45) is 0.306. The highest BCUT2D eigenvalue weighted by Gasteiger charge is 2.37. The molecule has 3 aromatic rings. The summed E-state index contributed by atoms with van der Waals surface area (Å²) in [5, 5.41) is 0.869. The van der Waals surface area contributed by atoms with Gasteiger partial charge in [0.05, 0.1) is 0 Å². The summed E-state index contributed by atoms with van der Waals surface area (Å²) in [4.78, 5) is 39.6. The van der Waals surface area contributed by atoms with Gasteiger partial charge in [-0.05, 0) is 63.8 Å². The fourth-order valence-electron chi connectivity index (χ4n) is 5.33. The molecule has 1 saturated heterocycles. The number of likely N-dealkylation sites (tertiary alicyclic amines) is 1. The molecular weight excluding hydrogens is 420 g/mol. The molecule has 1 aromatic carbocycles. The van der Waals surface area contributed by atoms with Crippen LogP contribution < -0.4 is 15.9 Å². The number of rotatable bonds is 3. The van der Waals surface area contributed by atoms with Crippen LogP contribution in [0.1, 0.15) is 41.6 Å². The zero-order valence-electron chi connectivity index (χ0n) is 19.4. The van der Waals surface area contributed by atoms with Gasteiger partial charge < -0.3 is 18.6 Å². The van der Waals surface area contributed by atoms with E-state index < -0.39 is 6.10 Å². The smallest absolute Gasteiger partial charge is 0.339 e. The predicted octanol–water partition coefficient (Wildman–Crippen LogP) is 3.29. The van der Waals surface area contributed by atoms with E-state index in [2.05, 4.69) is 0 Å². The molecule has 0 radical (unpaired) electrons. The molecule has 0 spiro atoms. The van der Waals surface area contributed by atoms with Crippen molar-refractivity contribution >= 4 is 16.9 Å². The first kappa shape index (κ1) is 21.5. The second-order valence-electron chi connectivity index (χ2n) is 9.41. The number of aryl methyl sites for hydroxylation is 2. The van der Waals surface area contributed by atoms with Crippen LogP contribution in [-0.4, -0.2) is 34.6 Å².